The maximum absolute atomic E-state index is 13.3. The van der Waals surface area contributed by atoms with Gasteiger partial charge in [-0.1, -0.05) is 321 Å². The van der Waals surface area contributed by atoms with Crippen molar-refractivity contribution in [2.24, 2.45) is 0 Å². The van der Waals surface area contributed by atoms with Crippen molar-refractivity contribution in [1.29, 1.82) is 0 Å². The molecule has 492 valence electrons. The minimum Gasteiger partial charge on any atom is -0.394 e. The fraction of sp³-hybridized carbons (Fsp3) is 0.931. The number of carbonyl (C=O) groups excluding carboxylic acids is 1. The molecule has 1 rings (SSSR count). The smallest absolute Gasteiger partial charge is 0.249 e. The van der Waals surface area contributed by atoms with Gasteiger partial charge in [-0.25, -0.2) is 0 Å². The van der Waals surface area contributed by atoms with Crippen LogP contribution in [-0.4, -0.2) is 110 Å². The second-order valence-electron chi connectivity index (χ2n) is 25.7. The lowest BCUT2D eigenvalue weighted by Gasteiger charge is -2.40. The zero-order valence-electron chi connectivity index (χ0n) is 54.5. The molecular formula is C72H139NO10. The Hall–Kier alpha value is -1.41. The Morgan fingerprint density at radius 1 is 0.410 bits per heavy atom. The van der Waals surface area contributed by atoms with Crippen LogP contribution in [0.25, 0.3) is 0 Å². The lowest BCUT2D eigenvalue weighted by Crippen LogP contribution is -2.60. The molecule has 0 aromatic heterocycles. The topological polar surface area (TPSA) is 189 Å². The van der Waals surface area contributed by atoms with Crippen LogP contribution in [0.5, 0.6) is 0 Å². The number of hydrogen-bond acceptors (Lipinski definition) is 10. The summed E-state index contributed by atoms with van der Waals surface area (Å²) in [7, 11) is 0. The molecule has 83 heavy (non-hydrogen) atoms. The molecule has 1 amide bonds. The molecule has 1 aliphatic rings. The van der Waals surface area contributed by atoms with Gasteiger partial charge in [-0.2, -0.15) is 0 Å². The van der Waals surface area contributed by atoms with Gasteiger partial charge in [0.05, 0.1) is 25.4 Å². The third-order valence-corrected chi connectivity index (χ3v) is 17.7. The summed E-state index contributed by atoms with van der Waals surface area (Å²) in [5.74, 6) is -0.702. The van der Waals surface area contributed by atoms with Gasteiger partial charge in [-0.3, -0.25) is 4.79 Å². The van der Waals surface area contributed by atoms with E-state index in [1.807, 2.05) is 0 Å². The molecule has 0 bridgehead atoms. The number of aliphatic hydroxyl groups is 7. The fourth-order valence-electron chi connectivity index (χ4n) is 11.9. The molecule has 0 aromatic rings. The van der Waals surface area contributed by atoms with Crippen molar-refractivity contribution in [3.05, 3.63) is 24.3 Å². The summed E-state index contributed by atoms with van der Waals surface area (Å²) in [6, 6.07) is -1.19. The molecule has 0 saturated carbocycles. The van der Waals surface area contributed by atoms with Crippen LogP contribution in [-0.2, 0) is 14.3 Å². The van der Waals surface area contributed by atoms with Crippen LogP contribution in [0.1, 0.15) is 361 Å². The highest BCUT2D eigenvalue weighted by Crippen LogP contribution is 2.24. The third kappa shape index (κ3) is 48.2. The van der Waals surface area contributed by atoms with Gasteiger partial charge in [0.15, 0.2) is 6.29 Å². The van der Waals surface area contributed by atoms with Crippen LogP contribution in [0.4, 0.5) is 0 Å². The molecule has 8 N–H and O–H groups in total. The van der Waals surface area contributed by atoms with Gasteiger partial charge in [0.1, 0.15) is 36.6 Å². The summed E-state index contributed by atoms with van der Waals surface area (Å²) in [5, 5.41) is 76.5. The van der Waals surface area contributed by atoms with Crippen LogP contribution < -0.4 is 5.32 Å². The average molecular weight is 1180 g/mol. The number of allylic oxidation sites excluding steroid dienone is 4. The number of nitrogens with one attached hydrogen (secondary N) is 1. The molecule has 0 aromatic carbocycles. The summed E-state index contributed by atoms with van der Waals surface area (Å²) in [6.45, 7) is 3.50. The highest BCUT2D eigenvalue weighted by Gasteiger charge is 2.44. The number of aliphatic hydroxyl groups excluding tert-OH is 7. The second kappa shape index (κ2) is 60.9. The summed E-state index contributed by atoms with van der Waals surface area (Å²) in [5.41, 5.74) is 0. The predicted octanol–water partition coefficient (Wildman–Crippen LogP) is 17.6. The van der Waals surface area contributed by atoms with Crippen molar-refractivity contribution in [1.82, 2.24) is 5.32 Å². The van der Waals surface area contributed by atoms with Gasteiger partial charge >= 0.3 is 0 Å². The largest absolute Gasteiger partial charge is 0.394 e. The van der Waals surface area contributed by atoms with E-state index in [0.717, 1.165) is 38.5 Å². The maximum Gasteiger partial charge on any atom is 0.249 e. The molecular weight excluding hydrogens is 1040 g/mol. The van der Waals surface area contributed by atoms with Gasteiger partial charge in [0.2, 0.25) is 5.91 Å². The first-order valence-electron chi connectivity index (χ1n) is 36.2. The van der Waals surface area contributed by atoms with Crippen molar-refractivity contribution >= 4 is 5.91 Å². The summed E-state index contributed by atoms with van der Waals surface area (Å²) >= 11 is 0. The molecule has 1 saturated heterocycles. The molecule has 0 aliphatic carbocycles. The Balaban J connectivity index is 2.20. The maximum atomic E-state index is 13.3. The standard InChI is InChI=1S/C72H139NO10/c1-3-5-7-9-11-13-15-17-19-21-23-25-27-29-30-31-32-33-34-36-37-39-41-43-45-47-49-51-53-55-57-59-64(75)67(77)63(62-82-72-70(80)69(79)68(78)66(61-74)83-72)73-71(81)65(76)60-58-56-54-52-50-48-46-44-42-40-38-35-28-26-24-22-20-18-16-14-12-10-8-6-4-2/h35,38,51,53,63-70,72,74-80H,3-34,36-37,39-50,52,54-62H2,1-2H3,(H,73,81)/b38-35-,53-51+. The van der Waals surface area contributed by atoms with E-state index in [2.05, 4.69) is 43.5 Å². The van der Waals surface area contributed by atoms with E-state index in [4.69, 9.17) is 9.47 Å². The lowest BCUT2D eigenvalue weighted by atomic mass is 9.98. The number of hydrogen-bond donors (Lipinski definition) is 8. The molecule has 1 aliphatic heterocycles. The van der Waals surface area contributed by atoms with Crippen molar-refractivity contribution in [3.63, 3.8) is 0 Å². The third-order valence-electron chi connectivity index (χ3n) is 17.7. The highest BCUT2D eigenvalue weighted by molar-refractivity contribution is 5.80. The molecule has 0 radical (unpaired) electrons. The Kier molecular flexibility index (Phi) is 58.4. The van der Waals surface area contributed by atoms with Gasteiger partial charge in [0.25, 0.3) is 0 Å². The van der Waals surface area contributed by atoms with Crippen LogP contribution in [0.15, 0.2) is 24.3 Å². The first-order chi connectivity index (χ1) is 40.7. The summed E-state index contributed by atoms with van der Waals surface area (Å²) in [6.07, 6.45) is 65.6. The Morgan fingerprint density at radius 3 is 1.04 bits per heavy atom. The number of carbonyl (C=O) groups is 1. The monoisotopic (exact) mass is 1180 g/mol. The Morgan fingerprint density at radius 2 is 0.711 bits per heavy atom. The van der Waals surface area contributed by atoms with Gasteiger partial charge < -0.3 is 50.5 Å². The number of rotatable bonds is 64. The predicted molar refractivity (Wildman–Crippen MR) is 349 cm³/mol. The number of ether oxygens (including phenoxy) is 2. The highest BCUT2D eigenvalue weighted by atomic mass is 16.7. The first-order valence-corrected chi connectivity index (χ1v) is 36.2. The minimum atomic E-state index is -1.67. The second-order valence-corrected chi connectivity index (χ2v) is 25.7. The van der Waals surface area contributed by atoms with Gasteiger partial charge in [-0.05, 0) is 64.2 Å². The number of unbranched alkanes of at least 4 members (excludes halogenated alkanes) is 48. The summed E-state index contributed by atoms with van der Waals surface area (Å²) in [4.78, 5) is 13.3. The SMILES string of the molecule is CCCCCCCCCCCCCC/C=C\CCCCCCCCCCCC(O)C(=O)NC(COC1OC(CO)C(O)C(O)C1O)C(O)C(O)CCC/C=C/CCCCCCCCCCCCCCCCCCCCCCCCCCCC. The van der Waals surface area contributed by atoms with Crippen LogP contribution >= 0.6 is 0 Å². The molecule has 9 unspecified atom stereocenters. The van der Waals surface area contributed by atoms with E-state index in [0.29, 0.717) is 12.8 Å². The van der Waals surface area contributed by atoms with Crippen LogP contribution in [0.3, 0.4) is 0 Å². The molecule has 11 heteroatoms. The van der Waals surface area contributed by atoms with Crippen molar-refractivity contribution in [2.45, 2.75) is 416 Å². The molecule has 11 nitrogen and oxygen atoms in total. The molecule has 9 atom stereocenters. The average Bonchev–Trinajstić information content (AvgIpc) is 3.69. The lowest BCUT2D eigenvalue weighted by molar-refractivity contribution is -0.303. The normalized spacial score (nSPS) is 19.1. The molecule has 0 spiro atoms. The van der Waals surface area contributed by atoms with E-state index < -0.39 is 74.2 Å². The minimum absolute atomic E-state index is 0.254. The van der Waals surface area contributed by atoms with Crippen molar-refractivity contribution in [2.75, 3.05) is 13.2 Å². The van der Waals surface area contributed by atoms with Crippen LogP contribution in [0, 0.1) is 0 Å². The Labute approximate surface area is 512 Å². The Bertz CT molecular complexity index is 1400. The zero-order chi connectivity index (χ0) is 60.3. The molecule has 1 fully saturated rings. The molecule has 1 heterocycles. The fourth-order valence-corrected chi connectivity index (χ4v) is 11.9. The van der Waals surface area contributed by atoms with E-state index >= 15 is 0 Å². The van der Waals surface area contributed by atoms with Crippen LogP contribution in [0.2, 0.25) is 0 Å². The van der Waals surface area contributed by atoms with Crippen molar-refractivity contribution < 1.29 is 50.0 Å². The summed E-state index contributed by atoms with van der Waals surface area (Å²) < 4.78 is 11.2. The number of amides is 1. The van der Waals surface area contributed by atoms with E-state index in [-0.39, 0.29) is 12.8 Å². The zero-order valence-corrected chi connectivity index (χ0v) is 54.5. The van der Waals surface area contributed by atoms with Crippen molar-refractivity contribution in [3.8, 4) is 0 Å². The van der Waals surface area contributed by atoms with E-state index in [1.165, 1.54) is 283 Å². The van der Waals surface area contributed by atoms with Gasteiger partial charge in [0, 0.05) is 0 Å². The van der Waals surface area contributed by atoms with E-state index in [9.17, 15) is 40.5 Å². The van der Waals surface area contributed by atoms with E-state index in [1.54, 1.807) is 0 Å². The van der Waals surface area contributed by atoms with Gasteiger partial charge in [-0.15, -0.1) is 0 Å². The first kappa shape index (κ1) is 79.6. The quantitative estimate of drug-likeness (QED) is 0.0215.